The van der Waals surface area contributed by atoms with E-state index in [0.29, 0.717) is 17.1 Å². The molecule has 3 nitrogen and oxygen atoms in total. The number of benzene rings is 2. The molecule has 1 amide bonds. The van der Waals surface area contributed by atoms with E-state index in [0.717, 1.165) is 11.6 Å². The van der Waals surface area contributed by atoms with Crippen molar-refractivity contribution < 1.29 is 9.18 Å². The average Bonchev–Trinajstić information content (AvgIpc) is 2.40. The van der Waals surface area contributed by atoms with Gasteiger partial charge in [-0.2, -0.15) is 0 Å². The van der Waals surface area contributed by atoms with Crippen LogP contribution in [0.4, 0.5) is 10.1 Å². The van der Waals surface area contributed by atoms with E-state index in [2.05, 4.69) is 5.32 Å². The summed E-state index contributed by atoms with van der Waals surface area (Å²) < 4.78 is 13.6. The monoisotopic (exact) mass is 322 g/mol. The molecule has 0 saturated carbocycles. The molecular weight excluding hydrogens is 311 g/mol. The number of halogens is 2. The molecule has 2 rings (SSSR count). The van der Waals surface area contributed by atoms with Gasteiger partial charge in [-0.05, 0) is 35.9 Å². The first-order valence-electron chi connectivity index (χ1n) is 6.09. The van der Waals surface area contributed by atoms with Crippen molar-refractivity contribution in [1.82, 2.24) is 0 Å². The fraction of sp³-hybridized carbons (Fsp3) is 0.0667. The maximum Gasteiger partial charge on any atom is 0.258 e. The zero-order valence-electron chi connectivity index (χ0n) is 10.9. The molecule has 0 aliphatic heterocycles. The van der Waals surface area contributed by atoms with Crippen molar-refractivity contribution in [2.75, 3.05) is 5.32 Å². The minimum atomic E-state index is -0.662. The van der Waals surface area contributed by atoms with Gasteiger partial charge < -0.3 is 11.1 Å². The standard InChI is InChI=1S/C15H12ClFN2OS/c16-10-3-6-12(13(17)8-10)15(20)19-11-4-1-9(2-5-11)7-14(18)21/h1-6,8H,7H2,(H2,18,21)(H,19,20). The number of carbonyl (C=O) groups is 1. The van der Waals surface area contributed by atoms with Crippen molar-refractivity contribution in [3.63, 3.8) is 0 Å². The zero-order valence-corrected chi connectivity index (χ0v) is 12.5. The van der Waals surface area contributed by atoms with Gasteiger partial charge in [0, 0.05) is 17.1 Å². The number of rotatable bonds is 4. The van der Waals surface area contributed by atoms with E-state index in [1.165, 1.54) is 12.1 Å². The number of nitrogens with two attached hydrogens (primary N) is 1. The predicted octanol–water partition coefficient (Wildman–Crippen LogP) is 3.56. The molecule has 0 aliphatic carbocycles. The third-order valence-corrected chi connectivity index (χ3v) is 3.15. The van der Waals surface area contributed by atoms with Crippen LogP contribution in [-0.2, 0) is 6.42 Å². The Morgan fingerprint density at radius 1 is 1.24 bits per heavy atom. The summed E-state index contributed by atoms with van der Waals surface area (Å²) in [6.45, 7) is 0. The zero-order chi connectivity index (χ0) is 15.4. The van der Waals surface area contributed by atoms with Crippen LogP contribution in [0.15, 0.2) is 42.5 Å². The molecule has 0 bridgehead atoms. The number of hydrogen-bond acceptors (Lipinski definition) is 2. The molecule has 0 aliphatic rings. The summed E-state index contributed by atoms with van der Waals surface area (Å²) in [6, 6.07) is 10.9. The largest absolute Gasteiger partial charge is 0.393 e. The molecular formula is C15H12ClFN2OS. The molecule has 2 aromatic carbocycles. The van der Waals surface area contributed by atoms with Crippen molar-refractivity contribution in [3.8, 4) is 0 Å². The fourth-order valence-corrected chi connectivity index (χ4v) is 2.10. The van der Waals surface area contributed by atoms with Crippen molar-refractivity contribution >= 4 is 40.4 Å². The Hall–Kier alpha value is -1.98. The van der Waals surface area contributed by atoms with Gasteiger partial charge >= 0.3 is 0 Å². The quantitative estimate of drug-likeness (QED) is 0.846. The smallest absolute Gasteiger partial charge is 0.258 e. The number of hydrogen-bond donors (Lipinski definition) is 2. The Bertz CT molecular complexity index is 689. The molecule has 6 heteroatoms. The maximum atomic E-state index is 13.6. The minimum absolute atomic E-state index is 0.0633. The summed E-state index contributed by atoms with van der Waals surface area (Å²) in [4.78, 5) is 12.4. The second kappa shape index (κ2) is 6.65. The van der Waals surface area contributed by atoms with Crippen molar-refractivity contribution in [2.24, 2.45) is 5.73 Å². The van der Waals surface area contributed by atoms with E-state index in [1.54, 1.807) is 24.3 Å². The lowest BCUT2D eigenvalue weighted by atomic mass is 10.1. The van der Waals surface area contributed by atoms with Gasteiger partial charge in [0.05, 0.1) is 10.6 Å². The summed E-state index contributed by atoms with van der Waals surface area (Å²) in [5.41, 5.74) is 6.89. The highest BCUT2D eigenvalue weighted by molar-refractivity contribution is 7.80. The molecule has 0 saturated heterocycles. The highest BCUT2D eigenvalue weighted by Gasteiger charge is 2.12. The number of nitrogens with one attached hydrogen (secondary N) is 1. The van der Waals surface area contributed by atoms with E-state index in [4.69, 9.17) is 29.6 Å². The van der Waals surface area contributed by atoms with Crippen LogP contribution in [0.2, 0.25) is 5.02 Å². The number of amides is 1. The number of carbonyl (C=O) groups excluding carboxylic acids is 1. The lowest BCUT2D eigenvalue weighted by Gasteiger charge is -2.07. The molecule has 0 unspecified atom stereocenters. The highest BCUT2D eigenvalue weighted by Crippen LogP contribution is 2.17. The minimum Gasteiger partial charge on any atom is -0.393 e. The second-order valence-corrected chi connectivity index (χ2v) is 5.38. The molecule has 108 valence electrons. The number of anilines is 1. The highest BCUT2D eigenvalue weighted by atomic mass is 35.5. The lowest BCUT2D eigenvalue weighted by molar-refractivity contribution is 0.102. The van der Waals surface area contributed by atoms with Crippen LogP contribution in [-0.4, -0.2) is 10.9 Å². The molecule has 2 aromatic rings. The summed E-state index contributed by atoms with van der Waals surface area (Å²) in [5, 5.41) is 2.85. The van der Waals surface area contributed by atoms with Gasteiger partial charge in [-0.1, -0.05) is 36.0 Å². The van der Waals surface area contributed by atoms with Gasteiger partial charge in [0.2, 0.25) is 0 Å². The van der Waals surface area contributed by atoms with Gasteiger partial charge in [-0.15, -0.1) is 0 Å². The first kappa shape index (κ1) is 15.4. The molecule has 0 radical (unpaired) electrons. The summed E-state index contributed by atoms with van der Waals surface area (Å²) in [6.07, 6.45) is 0.495. The molecule has 0 atom stereocenters. The molecule has 3 N–H and O–H groups in total. The van der Waals surface area contributed by atoms with Crippen LogP contribution in [0.3, 0.4) is 0 Å². The average molecular weight is 323 g/mol. The fourth-order valence-electron chi connectivity index (χ4n) is 1.78. The van der Waals surface area contributed by atoms with Gasteiger partial charge in [0.25, 0.3) is 5.91 Å². The normalized spacial score (nSPS) is 10.2. The summed E-state index contributed by atoms with van der Waals surface area (Å²) in [5.74, 6) is -1.20. The predicted molar refractivity (Wildman–Crippen MR) is 86.3 cm³/mol. The van der Waals surface area contributed by atoms with E-state index < -0.39 is 11.7 Å². The molecule has 0 spiro atoms. The molecule has 0 heterocycles. The van der Waals surface area contributed by atoms with Crippen molar-refractivity contribution in [1.29, 1.82) is 0 Å². The van der Waals surface area contributed by atoms with E-state index >= 15 is 0 Å². The Labute approximate surface area is 131 Å². The Morgan fingerprint density at radius 2 is 1.90 bits per heavy atom. The van der Waals surface area contributed by atoms with E-state index in [1.807, 2.05) is 0 Å². The third kappa shape index (κ3) is 4.24. The van der Waals surface area contributed by atoms with Gasteiger partial charge in [0.1, 0.15) is 5.82 Å². The Kier molecular flexibility index (Phi) is 4.88. The van der Waals surface area contributed by atoms with Crippen molar-refractivity contribution in [2.45, 2.75) is 6.42 Å². The Morgan fingerprint density at radius 3 is 2.48 bits per heavy atom. The van der Waals surface area contributed by atoms with Gasteiger partial charge in [-0.25, -0.2) is 4.39 Å². The van der Waals surface area contributed by atoms with E-state index in [-0.39, 0.29) is 10.6 Å². The first-order valence-corrected chi connectivity index (χ1v) is 6.88. The van der Waals surface area contributed by atoms with Crippen LogP contribution in [0, 0.1) is 5.82 Å². The van der Waals surface area contributed by atoms with Crippen LogP contribution >= 0.6 is 23.8 Å². The van der Waals surface area contributed by atoms with Crippen LogP contribution in [0.25, 0.3) is 0 Å². The topological polar surface area (TPSA) is 55.1 Å². The van der Waals surface area contributed by atoms with Gasteiger partial charge in [-0.3, -0.25) is 4.79 Å². The molecule has 21 heavy (non-hydrogen) atoms. The summed E-state index contributed by atoms with van der Waals surface area (Å²) in [7, 11) is 0. The molecule has 0 aromatic heterocycles. The third-order valence-electron chi connectivity index (χ3n) is 2.77. The summed E-state index contributed by atoms with van der Waals surface area (Å²) >= 11 is 10.5. The van der Waals surface area contributed by atoms with E-state index in [9.17, 15) is 9.18 Å². The van der Waals surface area contributed by atoms with Crippen molar-refractivity contribution in [3.05, 3.63) is 64.4 Å². The van der Waals surface area contributed by atoms with Crippen LogP contribution in [0.5, 0.6) is 0 Å². The van der Waals surface area contributed by atoms with Crippen LogP contribution < -0.4 is 11.1 Å². The van der Waals surface area contributed by atoms with Crippen LogP contribution in [0.1, 0.15) is 15.9 Å². The lowest BCUT2D eigenvalue weighted by Crippen LogP contribution is -2.14. The first-order chi connectivity index (χ1) is 9.95. The maximum absolute atomic E-state index is 13.6. The SMILES string of the molecule is NC(=S)Cc1ccc(NC(=O)c2ccc(Cl)cc2F)cc1. The second-order valence-electron chi connectivity index (χ2n) is 4.42. The number of thiocarbonyl (C=S) groups is 1. The van der Waals surface area contributed by atoms with Gasteiger partial charge in [0.15, 0.2) is 0 Å². The Balaban J connectivity index is 2.10. The molecule has 0 fully saturated rings.